The van der Waals surface area contributed by atoms with Gasteiger partial charge in [-0.05, 0) is 33.1 Å². The molecule has 0 aliphatic carbocycles. The highest BCUT2D eigenvalue weighted by atomic mass is 19.4. The number of aliphatic carboxylic acids is 3. The molecule has 1 aromatic heterocycles. The van der Waals surface area contributed by atoms with E-state index in [1.807, 2.05) is 6.07 Å². The van der Waals surface area contributed by atoms with Gasteiger partial charge in [0.1, 0.15) is 0 Å². The molecular formula is C25H35F9N4O8. The van der Waals surface area contributed by atoms with Crippen LogP contribution >= 0.6 is 0 Å². The number of alkyl halides is 9. The summed E-state index contributed by atoms with van der Waals surface area (Å²) in [7, 11) is 5.97. The fourth-order valence-corrected chi connectivity index (χ4v) is 3.84. The fraction of sp³-hybridized carbons (Fsp3) is 0.680. The van der Waals surface area contributed by atoms with Crippen LogP contribution in [-0.4, -0.2) is 145 Å². The molecule has 0 radical (unpaired) electrons. The van der Waals surface area contributed by atoms with Crippen LogP contribution in [0, 0.1) is 5.92 Å². The van der Waals surface area contributed by atoms with Gasteiger partial charge in [0.05, 0.1) is 19.8 Å². The Morgan fingerprint density at radius 1 is 0.913 bits per heavy atom. The Labute approximate surface area is 257 Å². The third-order valence-electron chi connectivity index (χ3n) is 6.04. The lowest BCUT2D eigenvalue weighted by molar-refractivity contribution is -0.193. The number of carbonyl (C=O) groups is 3. The number of nitrogens with zero attached hydrogens (tertiary/aromatic N) is 4. The van der Waals surface area contributed by atoms with E-state index in [-0.39, 0.29) is 0 Å². The van der Waals surface area contributed by atoms with Gasteiger partial charge in [-0.15, -0.1) is 0 Å². The minimum Gasteiger partial charge on any atom is -0.481 e. The summed E-state index contributed by atoms with van der Waals surface area (Å²) < 4.78 is 107. The van der Waals surface area contributed by atoms with E-state index in [1.54, 1.807) is 13.3 Å². The lowest BCUT2D eigenvalue weighted by Gasteiger charge is -2.38. The van der Waals surface area contributed by atoms with Gasteiger partial charge in [0.2, 0.25) is 5.88 Å². The van der Waals surface area contributed by atoms with Gasteiger partial charge in [-0.1, -0.05) is 6.07 Å². The zero-order valence-corrected chi connectivity index (χ0v) is 24.8. The second-order valence-electron chi connectivity index (χ2n) is 9.88. The van der Waals surface area contributed by atoms with E-state index >= 15 is 0 Å². The molecule has 0 amide bonds. The number of piperidine rings is 1. The van der Waals surface area contributed by atoms with Gasteiger partial charge in [0.25, 0.3) is 0 Å². The largest absolute Gasteiger partial charge is 0.490 e. The number of hydrogen-bond acceptors (Lipinski definition) is 9. The maximum atomic E-state index is 10.6. The van der Waals surface area contributed by atoms with Crippen molar-refractivity contribution in [3.05, 3.63) is 23.9 Å². The first-order valence-electron chi connectivity index (χ1n) is 13.1. The van der Waals surface area contributed by atoms with Crippen molar-refractivity contribution in [2.45, 2.75) is 37.6 Å². The van der Waals surface area contributed by atoms with Crippen LogP contribution < -0.4 is 4.74 Å². The van der Waals surface area contributed by atoms with Crippen LogP contribution in [0.25, 0.3) is 0 Å². The van der Waals surface area contributed by atoms with Gasteiger partial charge < -0.3 is 29.7 Å². The number of pyridine rings is 1. The number of hydrogen-bond donors (Lipinski definition) is 3. The maximum absolute atomic E-state index is 10.6. The molecule has 3 heterocycles. The van der Waals surface area contributed by atoms with Crippen LogP contribution in [0.4, 0.5) is 39.5 Å². The molecule has 21 heteroatoms. The van der Waals surface area contributed by atoms with Crippen molar-refractivity contribution in [1.82, 2.24) is 19.7 Å². The van der Waals surface area contributed by atoms with E-state index in [9.17, 15) is 39.5 Å². The van der Waals surface area contributed by atoms with E-state index in [0.29, 0.717) is 12.0 Å². The molecule has 2 saturated heterocycles. The number of fused-ring (bicyclic) bond motifs is 1. The summed E-state index contributed by atoms with van der Waals surface area (Å²) >= 11 is 0. The molecule has 1 aromatic rings. The summed E-state index contributed by atoms with van der Waals surface area (Å²) in [5, 5.41) is 21.4. The van der Waals surface area contributed by atoms with E-state index in [4.69, 9.17) is 39.2 Å². The van der Waals surface area contributed by atoms with E-state index in [1.165, 1.54) is 13.0 Å². The number of carboxylic acids is 3. The van der Waals surface area contributed by atoms with Crippen molar-refractivity contribution in [3.63, 3.8) is 0 Å². The van der Waals surface area contributed by atoms with E-state index < -0.39 is 36.4 Å². The zero-order valence-electron chi connectivity index (χ0n) is 24.8. The molecule has 2 atom stereocenters. The average Bonchev–Trinajstić information content (AvgIpc) is 3.13. The monoisotopic (exact) mass is 690 g/mol. The standard InChI is InChI=1S/C19H32N4O2.3C2HF3O2/c1-21(2)9-10-22-11-12-25-18-15-23(8-6-16(18)13-22)14-17-5-4-7-20-19(17)24-3;3*3-2(4,5)1(6)7/h4-5,7,16,18H,6,8-15H2,1-3H3;3*(H,6,7)/t16-,18-;;;/m1.../s1. The molecule has 0 saturated carbocycles. The van der Waals surface area contributed by atoms with Crippen molar-refractivity contribution in [2.75, 3.05) is 67.1 Å². The summed E-state index contributed by atoms with van der Waals surface area (Å²) in [6, 6.07) is 4.09. The highest BCUT2D eigenvalue weighted by molar-refractivity contribution is 5.73. The molecule has 0 spiro atoms. The number of ether oxygens (including phenoxy) is 2. The Balaban J connectivity index is 0.000000786. The minimum absolute atomic E-state index is 0.348. The van der Waals surface area contributed by atoms with Gasteiger partial charge in [-0.3, -0.25) is 9.80 Å². The van der Waals surface area contributed by atoms with Crippen LogP contribution in [0.2, 0.25) is 0 Å². The molecule has 0 bridgehead atoms. The summed E-state index contributed by atoms with van der Waals surface area (Å²) in [6.07, 6.45) is -11.9. The molecule has 2 aliphatic rings. The maximum Gasteiger partial charge on any atom is 0.490 e. The predicted molar refractivity (Wildman–Crippen MR) is 140 cm³/mol. The molecule has 46 heavy (non-hydrogen) atoms. The van der Waals surface area contributed by atoms with Crippen molar-refractivity contribution in [3.8, 4) is 5.88 Å². The highest BCUT2D eigenvalue weighted by Gasteiger charge is 2.39. The second-order valence-corrected chi connectivity index (χ2v) is 9.88. The average molecular weight is 691 g/mol. The number of rotatable bonds is 6. The lowest BCUT2D eigenvalue weighted by Crippen LogP contribution is -2.47. The summed E-state index contributed by atoms with van der Waals surface area (Å²) in [4.78, 5) is 38.3. The Morgan fingerprint density at radius 2 is 1.41 bits per heavy atom. The van der Waals surface area contributed by atoms with Gasteiger partial charge in [0.15, 0.2) is 0 Å². The number of likely N-dealkylation sites (tertiary alicyclic amines) is 1. The predicted octanol–water partition coefficient (Wildman–Crippen LogP) is 3.07. The van der Waals surface area contributed by atoms with Crippen LogP contribution in [0.1, 0.15) is 12.0 Å². The van der Waals surface area contributed by atoms with Gasteiger partial charge in [-0.25, -0.2) is 19.4 Å². The first kappa shape index (κ1) is 42.6. The normalized spacial score (nSPS) is 19.1. The van der Waals surface area contributed by atoms with Crippen LogP contribution in [0.3, 0.4) is 0 Å². The Morgan fingerprint density at radius 3 is 1.85 bits per heavy atom. The van der Waals surface area contributed by atoms with Crippen LogP contribution in [-0.2, 0) is 25.7 Å². The third kappa shape index (κ3) is 17.9. The molecular weight excluding hydrogens is 655 g/mol. The van der Waals surface area contributed by atoms with Crippen molar-refractivity contribution in [1.29, 1.82) is 0 Å². The van der Waals surface area contributed by atoms with Crippen LogP contribution in [0.15, 0.2) is 18.3 Å². The third-order valence-corrected chi connectivity index (χ3v) is 6.04. The van der Waals surface area contributed by atoms with Gasteiger partial charge in [-0.2, -0.15) is 39.5 Å². The van der Waals surface area contributed by atoms with Gasteiger partial charge >= 0.3 is 36.4 Å². The highest BCUT2D eigenvalue weighted by Crippen LogP contribution is 2.26. The topological polar surface area (TPSA) is 153 Å². The molecule has 3 rings (SSSR count). The Hall–Kier alpha value is -3.43. The summed E-state index contributed by atoms with van der Waals surface area (Å²) in [5.74, 6) is -6.88. The zero-order chi connectivity index (χ0) is 35.9. The number of carboxylic acid groups (broad SMARTS) is 3. The molecule has 3 N–H and O–H groups in total. The second kappa shape index (κ2) is 19.3. The smallest absolute Gasteiger partial charge is 0.481 e. The quantitative estimate of drug-likeness (QED) is 0.376. The summed E-state index contributed by atoms with van der Waals surface area (Å²) in [6.45, 7) is 8.32. The fourth-order valence-electron chi connectivity index (χ4n) is 3.84. The van der Waals surface area contributed by atoms with E-state index in [2.05, 4.69) is 39.8 Å². The lowest BCUT2D eigenvalue weighted by atomic mass is 9.93. The Bertz CT molecular complexity index is 1030. The number of halogens is 9. The number of likely N-dealkylation sites (N-methyl/N-ethyl adjacent to an activating group) is 1. The Kier molecular flexibility index (Phi) is 17.8. The van der Waals surface area contributed by atoms with Crippen molar-refractivity contribution >= 4 is 17.9 Å². The first-order chi connectivity index (χ1) is 21.0. The van der Waals surface area contributed by atoms with E-state index in [0.717, 1.165) is 57.3 Å². The van der Waals surface area contributed by atoms with Crippen molar-refractivity contribution in [2.24, 2.45) is 5.92 Å². The molecule has 2 aliphatic heterocycles. The molecule has 0 aromatic carbocycles. The van der Waals surface area contributed by atoms with Crippen LogP contribution in [0.5, 0.6) is 5.88 Å². The summed E-state index contributed by atoms with van der Waals surface area (Å²) in [5.41, 5.74) is 1.16. The first-order valence-corrected chi connectivity index (χ1v) is 13.1. The van der Waals surface area contributed by atoms with Gasteiger partial charge in [0, 0.05) is 56.9 Å². The molecule has 12 nitrogen and oxygen atoms in total. The molecule has 0 unspecified atom stereocenters. The number of methoxy groups -OCH3 is 1. The molecule has 2 fully saturated rings. The molecule has 266 valence electrons. The SMILES string of the molecule is COc1ncccc1CN1CC[C@@H]2CN(CCN(C)C)CCO[C@@H]2C1.O=C(O)C(F)(F)F.O=C(O)C(F)(F)F.O=C(O)C(F)(F)F. The van der Waals surface area contributed by atoms with Crippen molar-refractivity contribution < 1.29 is 78.7 Å². The minimum atomic E-state index is -5.08. The number of aromatic nitrogens is 1.